The molecule has 2 aromatic rings. The molecule has 88 valence electrons. The van der Waals surface area contributed by atoms with E-state index in [9.17, 15) is 0 Å². The van der Waals surface area contributed by atoms with E-state index in [0.717, 1.165) is 17.1 Å². The second-order valence-electron chi connectivity index (χ2n) is 5.28. The van der Waals surface area contributed by atoms with Crippen molar-refractivity contribution in [1.29, 1.82) is 0 Å². The zero-order chi connectivity index (χ0) is 11.4. The molecule has 2 aromatic heterocycles. The van der Waals surface area contributed by atoms with Crippen LogP contribution in [0, 0.1) is 0 Å². The van der Waals surface area contributed by atoms with E-state index in [1.807, 2.05) is 18.5 Å². The Hall–Kier alpha value is -1.42. The van der Waals surface area contributed by atoms with E-state index in [1.54, 1.807) is 0 Å². The molecule has 17 heavy (non-hydrogen) atoms. The van der Waals surface area contributed by atoms with Gasteiger partial charge in [-0.15, -0.1) is 0 Å². The van der Waals surface area contributed by atoms with Crippen LogP contribution in [0.1, 0.15) is 31.0 Å². The summed E-state index contributed by atoms with van der Waals surface area (Å²) < 4.78 is 2.22. The van der Waals surface area contributed by atoms with Crippen LogP contribution in [0.15, 0.2) is 18.5 Å². The van der Waals surface area contributed by atoms with Gasteiger partial charge in [-0.1, -0.05) is 0 Å². The van der Waals surface area contributed by atoms with E-state index in [0.29, 0.717) is 12.0 Å². The van der Waals surface area contributed by atoms with Crippen molar-refractivity contribution in [2.75, 3.05) is 0 Å². The lowest BCUT2D eigenvalue weighted by Crippen LogP contribution is -2.23. The zero-order valence-electron chi connectivity index (χ0n) is 9.93. The third-order valence-corrected chi connectivity index (χ3v) is 4.35. The fourth-order valence-corrected chi connectivity index (χ4v) is 3.49. The summed E-state index contributed by atoms with van der Waals surface area (Å²) in [5, 5.41) is 3.68. The van der Waals surface area contributed by atoms with E-state index in [4.69, 9.17) is 4.98 Å². The Balaban J connectivity index is 1.83. The first kappa shape index (κ1) is 9.59. The predicted molar refractivity (Wildman–Crippen MR) is 65.8 cm³/mol. The monoisotopic (exact) mass is 228 g/mol. The average molecular weight is 228 g/mol. The van der Waals surface area contributed by atoms with Crippen LogP contribution in [0.2, 0.25) is 0 Å². The summed E-state index contributed by atoms with van der Waals surface area (Å²) >= 11 is 0. The second kappa shape index (κ2) is 3.29. The van der Waals surface area contributed by atoms with Crippen LogP contribution in [-0.2, 0) is 7.05 Å². The van der Waals surface area contributed by atoms with E-state index in [-0.39, 0.29) is 0 Å². The lowest BCUT2D eigenvalue weighted by Gasteiger charge is -2.19. The number of rotatable bonds is 1. The number of aromatic nitrogens is 3. The smallest absolute Gasteiger partial charge is 0.114 e. The predicted octanol–water partition coefficient (Wildman–Crippen LogP) is 1.58. The first-order chi connectivity index (χ1) is 8.33. The summed E-state index contributed by atoms with van der Waals surface area (Å²) in [6, 6.07) is 3.37. The first-order valence-electron chi connectivity index (χ1n) is 6.35. The molecule has 0 radical (unpaired) electrons. The molecule has 1 N–H and O–H groups in total. The molecule has 0 aromatic carbocycles. The van der Waals surface area contributed by atoms with Gasteiger partial charge in [0, 0.05) is 31.2 Å². The van der Waals surface area contributed by atoms with Gasteiger partial charge in [-0.25, -0.2) is 4.98 Å². The van der Waals surface area contributed by atoms with Crippen molar-refractivity contribution in [2.45, 2.75) is 37.3 Å². The lowest BCUT2D eigenvalue weighted by atomic mass is 9.88. The summed E-state index contributed by atoms with van der Waals surface area (Å²) in [5.74, 6) is 1.82. The van der Waals surface area contributed by atoms with Crippen molar-refractivity contribution in [3.8, 4) is 0 Å². The standard InChI is InChI=1S/C13H16N4/c1-17-12-7-14-5-4-11(12)16-13(17)9-6-8-2-3-10(9)15-8/h4-5,7-10,15H,2-3,6H2,1H3. The van der Waals surface area contributed by atoms with Crippen molar-refractivity contribution < 1.29 is 0 Å². The van der Waals surface area contributed by atoms with E-state index < -0.39 is 0 Å². The van der Waals surface area contributed by atoms with Crippen molar-refractivity contribution >= 4 is 11.0 Å². The highest BCUT2D eigenvalue weighted by atomic mass is 15.1. The SMILES string of the molecule is Cn1c(C2CC3CCC2N3)nc2ccncc21. The summed E-state index contributed by atoms with van der Waals surface area (Å²) in [6.45, 7) is 0. The van der Waals surface area contributed by atoms with Crippen molar-refractivity contribution in [3.05, 3.63) is 24.3 Å². The third-order valence-electron chi connectivity index (χ3n) is 4.35. The van der Waals surface area contributed by atoms with Crippen LogP contribution in [0.25, 0.3) is 11.0 Å². The van der Waals surface area contributed by atoms with Gasteiger partial charge in [0.05, 0.1) is 17.2 Å². The number of fused-ring (bicyclic) bond motifs is 3. The minimum Gasteiger partial charge on any atom is -0.330 e. The Morgan fingerprint density at radius 3 is 3.06 bits per heavy atom. The summed E-state index contributed by atoms with van der Waals surface area (Å²) in [4.78, 5) is 8.98. The molecule has 4 rings (SSSR count). The number of nitrogens with zero attached hydrogens (tertiary/aromatic N) is 3. The van der Waals surface area contributed by atoms with Gasteiger partial charge >= 0.3 is 0 Å². The first-order valence-corrected chi connectivity index (χ1v) is 6.35. The van der Waals surface area contributed by atoms with Crippen molar-refractivity contribution in [3.63, 3.8) is 0 Å². The average Bonchev–Trinajstić information content (AvgIpc) is 3.03. The van der Waals surface area contributed by atoms with Crippen LogP contribution in [0.3, 0.4) is 0 Å². The Kier molecular flexibility index (Phi) is 1.86. The molecule has 0 saturated carbocycles. The number of hydrogen-bond acceptors (Lipinski definition) is 3. The van der Waals surface area contributed by atoms with Gasteiger partial charge in [0.1, 0.15) is 5.82 Å². The van der Waals surface area contributed by atoms with Gasteiger partial charge in [0.2, 0.25) is 0 Å². The van der Waals surface area contributed by atoms with Gasteiger partial charge < -0.3 is 9.88 Å². The maximum absolute atomic E-state index is 4.80. The lowest BCUT2D eigenvalue weighted by molar-refractivity contribution is 0.478. The highest BCUT2D eigenvalue weighted by Crippen LogP contribution is 2.39. The number of aryl methyl sites for hydroxylation is 1. The minimum atomic E-state index is 0.589. The summed E-state index contributed by atoms with van der Waals surface area (Å²) in [5.41, 5.74) is 2.21. The molecule has 2 fully saturated rings. The van der Waals surface area contributed by atoms with Gasteiger partial charge in [-0.05, 0) is 25.3 Å². The molecule has 0 spiro atoms. The molecular formula is C13H16N4. The maximum Gasteiger partial charge on any atom is 0.114 e. The van der Waals surface area contributed by atoms with Crippen LogP contribution in [0.5, 0.6) is 0 Å². The van der Waals surface area contributed by atoms with E-state index in [1.165, 1.54) is 25.1 Å². The normalized spacial score (nSPS) is 31.5. The fourth-order valence-electron chi connectivity index (χ4n) is 3.49. The van der Waals surface area contributed by atoms with Crippen molar-refractivity contribution in [1.82, 2.24) is 19.9 Å². The number of nitrogens with one attached hydrogen (secondary N) is 1. The second-order valence-corrected chi connectivity index (χ2v) is 5.28. The molecule has 2 aliphatic heterocycles. The van der Waals surface area contributed by atoms with Crippen LogP contribution >= 0.6 is 0 Å². The number of imidazole rings is 1. The molecule has 4 nitrogen and oxygen atoms in total. The van der Waals surface area contributed by atoms with Gasteiger partial charge in [0.15, 0.2) is 0 Å². The summed E-state index contributed by atoms with van der Waals surface area (Å²) in [7, 11) is 2.11. The van der Waals surface area contributed by atoms with Crippen LogP contribution in [-0.4, -0.2) is 26.6 Å². The topological polar surface area (TPSA) is 42.7 Å². The quantitative estimate of drug-likeness (QED) is 0.805. The van der Waals surface area contributed by atoms with Crippen LogP contribution < -0.4 is 5.32 Å². The summed E-state index contributed by atoms with van der Waals surface area (Å²) in [6.07, 6.45) is 7.61. The Morgan fingerprint density at radius 2 is 2.35 bits per heavy atom. The highest BCUT2D eigenvalue weighted by molar-refractivity contribution is 5.74. The van der Waals surface area contributed by atoms with Gasteiger partial charge in [0.25, 0.3) is 0 Å². The van der Waals surface area contributed by atoms with E-state index in [2.05, 4.69) is 21.9 Å². The van der Waals surface area contributed by atoms with Gasteiger partial charge in [-0.3, -0.25) is 4.98 Å². The molecule has 3 unspecified atom stereocenters. The van der Waals surface area contributed by atoms with E-state index >= 15 is 0 Å². The molecule has 4 heterocycles. The Bertz CT molecular complexity index is 574. The molecule has 2 aliphatic rings. The molecule has 4 heteroatoms. The molecular weight excluding hydrogens is 212 g/mol. The van der Waals surface area contributed by atoms with Crippen LogP contribution in [0.4, 0.5) is 0 Å². The molecule has 0 amide bonds. The highest BCUT2D eigenvalue weighted by Gasteiger charge is 2.41. The number of hydrogen-bond donors (Lipinski definition) is 1. The van der Waals surface area contributed by atoms with Crippen molar-refractivity contribution in [2.24, 2.45) is 7.05 Å². The molecule has 2 saturated heterocycles. The maximum atomic E-state index is 4.80. The molecule has 0 aliphatic carbocycles. The largest absolute Gasteiger partial charge is 0.330 e. The minimum absolute atomic E-state index is 0.589. The Morgan fingerprint density at radius 1 is 1.41 bits per heavy atom. The zero-order valence-corrected chi connectivity index (χ0v) is 9.93. The molecule has 3 atom stereocenters. The van der Waals surface area contributed by atoms with Gasteiger partial charge in [-0.2, -0.15) is 0 Å². The number of pyridine rings is 1. The third kappa shape index (κ3) is 1.27. The Labute approximate surface area is 100 Å². The fraction of sp³-hybridized carbons (Fsp3) is 0.538. The molecule has 2 bridgehead atoms.